The van der Waals surface area contributed by atoms with Crippen molar-refractivity contribution in [1.29, 1.82) is 0 Å². The molecule has 0 aliphatic carbocycles. The Hall–Kier alpha value is -2.86. The lowest BCUT2D eigenvalue weighted by molar-refractivity contribution is 0.0926. The van der Waals surface area contributed by atoms with Gasteiger partial charge in [-0.05, 0) is 23.6 Å². The summed E-state index contributed by atoms with van der Waals surface area (Å²) in [7, 11) is 0. The molecule has 3 heterocycles. The van der Waals surface area contributed by atoms with Crippen molar-refractivity contribution in [3.63, 3.8) is 0 Å². The van der Waals surface area contributed by atoms with Crippen LogP contribution in [0.3, 0.4) is 0 Å². The predicted molar refractivity (Wildman–Crippen MR) is 89.3 cm³/mol. The summed E-state index contributed by atoms with van der Waals surface area (Å²) >= 11 is 1.60. The van der Waals surface area contributed by atoms with Gasteiger partial charge in [-0.2, -0.15) is 5.10 Å². The molecule has 1 aromatic carbocycles. The molecule has 0 spiro atoms. The van der Waals surface area contributed by atoms with Gasteiger partial charge < -0.3 is 9.73 Å². The second kappa shape index (κ2) is 5.73. The number of hydrogen-bond donors (Lipinski definition) is 2. The fourth-order valence-electron chi connectivity index (χ4n) is 2.52. The van der Waals surface area contributed by atoms with Crippen LogP contribution in [-0.4, -0.2) is 16.1 Å². The lowest BCUT2D eigenvalue weighted by Crippen LogP contribution is -2.22. The molecule has 5 nitrogen and oxygen atoms in total. The van der Waals surface area contributed by atoms with Crippen molar-refractivity contribution in [2.45, 2.75) is 6.54 Å². The van der Waals surface area contributed by atoms with Crippen LogP contribution in [-0.2, 0) is 6.54 Å². The Morgan fingerprint density at radius 2 is 2.13 bits per heavy atom. The summed E-state index contributed by atoms with van der Waals surface area (Å²) in [5.41, 5.74) is 2.08. The number of carbonyl (C=O) groups excluding carboxylic acids is 1. The largest absolute Gasteiger partial charge is 0.450 e. The monoisotopic (exact) mass is 323 g/mol. The van der Waals surface area contributed by atoms with Gasteiger partial charge in [-0.15, -0.1) is 11.3 Å². The number of hydrogen-bond acceptors (Lipinski definition) is 4. The smallest absolute Gasteiger partial charge is 0.288 e. The van der Waals surface area contributed by atoms with Crippen LogP contribution >= 0.6 is 11.3 Å². The Labute approximate surface area is 136 Å². The molecule has 6 heteroatoms. The van der Waals surface area contributed by atoms with E-state index >= 15 is 0 Å². The Morgan fingerprint density at radius 3 is 2.91 bits per heavy atom. The number of para-hydroxylation sites is 1. The molecule has 3 aromatic heterocycles. The normalized spacial score (nSPS) is 11.0. The number of nitrogens with one attached hydrogen (secondary N) is 2. The molecule has 0 unspecified atom stereocenters. The molecule has 114 valence electrons. The highest BCUT2D eigenvalue weighted by molar-refractivity contribution is 7.09. The summed E-state index contributed by atoms with van der Waals surface area (Å²) in [4.78, 5) is 13.7. The molecule has 0 saturated carbocycles. The maximum absolute atomic E-state index is 12.6. The van der Waals surface area contributed by atoms with Crippen molar-refractivity contribution in [2.24, 2.45) is 0 Å². The van der Waals surface area contributed by atoms with Crippen LogP contribution in [0.2, 0.25) is 0 Å². The molecule has 23 heavy (non-hydrogen) atoms. The second-order valence-corrected chi connectivity index (χ2v) is 6.06. The minimum absolute atomic E-state index is 0.243. The van der Waals surface area contributed by atoms with Gasteiger partial charge in [-0.3, -0.25) is 9.89 Å². The highest BCUT2D eigenvalue weighted by atomic mass is 32.1. The minimum atomic E-state index is -0.243. The molecule has 4 rings (SSSR count). The lowest BCUT2D eigenvalue weighted by Gasteiger charge is -2.03. The van der Waals surface area contributed by atoms with E-state index in [0.717, 1.165) is 10.3 Å². The first-order chi connectivity index (χ1) is 11.3. The van der Waals surface area contributed by atoms with Gasteiger partial charge in [0.25, 0.3) is 5.91 Å². The molecule has 0 atom stereocenters. The summed E-state index contributed by atoms with van der Waals surface area (Å²) in [6.45, 7) is 0.480. The van der Waals surface area contributed by atoms with Crippen LogP contribution < -0.4 is 5.32 Å². The third-order valence-corrected chi connectivity index (χ3v) is 4.44. The van der Waals surface area contributed by atoms with Crippen molar-refractivity contribution in [3.8, 4) is 11.3 Å². The Morgan fingerprint density at radius 1 is 1.22 bits per heavy atom. The van der Waals surface area contributed by atoms with Gasteiger partial charge in [0.2, 0.25) is 5.76 Å². The number of rotatable bonds is 4. The number of aromatic nitrogens is 2. The van der Waals surface area contributed by atoms with E-state index in [9.17, 15) is 4.79 Å². The van der Waals surface area contributed by atoms with Gasteiger partial charge in [0.05, 0.1) is 17.8 Å². The van der Waals surface area contributed by atoms with E-state index in [0.29, 0.717) is 23.4 Å². The second-order valence-electron chi connectivity index (χ2n) is 5.02. The Bertz CT molecular complexity index is 940. The lowest BCUT2D eigenvalue weighted by atomic mass is 10.1. The molecule has 4 aromatic rings. The van der Waals surface area contributed by atoms with Crippen molar-refractivity contribution in [3.05, 3.63) is 64.7 Å². The topological polar surface area (TPSA) is 70.9 Å². The molecule has 0 aliphatic rings. The molecule has 0 bridgehead atoms. The fourth-order valence-corrected chi connectivity index (χ4v) is 3.16. The summed E-state index contributed by atoms with van der Waals surface area (Å²) in [6, 6.07) is 13.4. The molecule has 0 radical (unpaired) electrons. The van der Waals surface area contributed by atoms with E-state index in [1.807, 2.05) is 47.8 Å². The zero-order valence-electron chi connectivity index (χ0n) is 12.1. The maximum Gasteiger partial charge on any atom is 0.288 e. The summed E-state index contributed by atoms with van der Waals surface area (Å²) in [5, 5.41) is 12.7. The highest BCUT2D eigenvalue weighted by Crippen LogP contribution is 2.33. The minimum Gasteiger partial charge on any atom is -0.450 e. The first-order valence-corrected chi connectivity index (χ1v) is 8.03. The summed E-state index contributed by atoms with van der Waals surface area (Å²) in [6.07, 6.45) is 1.73. The predicted octanol–water partition coefficient (Wildman–Crippen LogP) is 3.81. The summed E-state index contributed by atoms with van der Waals surface area (Å²) < 4.78 is 5.79. The van der Waals surface area contributed by atoms with Gasteiger partial charge in [0.15, 0.2) is 0 Å². The number of furan rings is 1. The van der Waals surface area contributed by atoms with E-state index in [1.54, 1.807) is 17.5 Å². The third-order valence-electron chi connectivity index (χ3n) is 3.56. The van der Waals surface area contributed by atoms with E-state index in [4.69, 9.17) is 4.42 Å². The number of H-pyrrole nitrogens is 1. The number of amides is 1. The molecule has 0 aliphatic heterocycles. The first kappa shape index (κ1) is 13.8. The summed E-state index contributed by atoms with van der Waals surface area (Å²) in [5.74, 6) is 0.0439. The number of carbonyl (C=O) groups is 1. The number of benzene rings is 1. The van der Waals surface area contributed by atoms with Gasteiger partial charge in [-0.1, -0.05) is 24.3 Å². The van der Waals surface area contributed by atoms with Crippen LogP contribution in [0, 0.1) is 0 Å². The standard InChI is InChI=1S/C17H13N3O2S/c21-17(18-10-11-4-3-9-23-11)16-15(13-7-8-19-20-13)12-5-1-2-6-14(12)22-16/h1-9H,10H2,(H,18,21)(H,19,20). The van der Waals surface area contributed by atoms with Gasteiger partial charge >= 0.3 is 0 Å². The zero-order valence-corrected chi connectivity index (χ0v) is 12.9. The average Bonchev–Trinajstić information content (AvgIpc) is 3.30. The molecule has 0 saturated heterocycles. The zero-order chi connectivity index (χ0) is 15.6. The van der Waals surface area contributed by atoms with Crippen LogP contribution in [0.4, 0.5) is 0 Å². The third kappa shape index (κ3) is 2.53. The van der Waals surface area contributed by atoms with Gasteiger partial charge in [-0.25, -0.2) is 0 Å². The average molecular weight is 323 g/mol. The van der Waals surface area contributed by atoms with Crippen LogP contribution in [0.25, 0.3) is 22.2 Å². The fraction of sp³-hybridized carbons (Fsp3) is 0.0588. The molecule has 1 amide bonds. The van der Waals surface area contributed by atoms with Crippen LogP contribution in [0.1, 0.15) is 15.4 Å². The first-order valence-electron chi connectivity index (χ1n) is 7.15. The molecule has 0 fully saturated rings. The quantitative estimate of drug-likeness (QED) is 0.600. The van der Waals surface area contributed by atoms with Crippen molar-refractivity contribution in [1.82, 2.24) is 15.5 Å². The Balaban J connectivity index is 1.74. The van der Waals surface area contributed by atoms with Crippen LogP contribution in [0.15, 0.2) is 58.5 Å². The van der Waals surface area contributed by atoms with Crippen molar-refractivity contribution in [2.75, 3.05) is 0 Å². The molecular weight excluding hydrogens is 310 g/mol. The maximum atomic E-state index is 12.6. The number of thiophene rings is 1. The SMILES string of the molecule is O=C(NCc1cccs1)c1oc2ccccc2c1-c1cc[nH]n1. The van der Waals surface area contributed by atoms with Crippen LogP contribution in [0.5, 0.6) is 0 Å². The number of fused-ring (bicyclic) bond motifs is 1. The van der Waals surface area contributed by atoms with Gasteiger partial charge in [0.1, 0.15) is 5.58 Å². The van der Waals surface area contributed by atoms with E-state index in [-0.39, 0.29) is 11.7 Å². The van der Waals surface area contributed by atoms with E-state index in [1.165, 1.54) is 0 Å². The van der Waals surface area contributed by atoms with Crippen molar-refractivity contribution >= 4 is 28.2 Å². The molecule has 2 N–H and O–H groups in total. The van der Waals surface area contributed by atoms with Gasteiger partial charge in [0, 0.05) is 16.5 Å². The highest BCUT2D eigenvalue weighted by Gasteiger charge is 2.22. The van der Waals surface area contributed by atoms with E-state index in [2.05, 4.69) is 15.5 Å². The van der Waals surface area contributed by atoms with E-state index < -0.39 is 0 Å². The van der Waals surface area contributed by atoms with Crippen molar-refractivity contribution < 1.29 is 9.21 Å². The number of aromatic amines is 1. The molecular formula is C17H13N3O2S. The Kier molecular flexibility index (Phi) is 3.44. The number of nitrogens with zero attached hydrogens (tertiary/aromatic N) is 1.